The van der Waals surface area contributed by atoms with Gasteiger partial charge < -0.3 is 14.6 Å². The van der Waals surface area contributed by atoms with E-state index in [1.807, 2.05) is 49.3 Å². The van der Waals surface area contributed by atoms with Crippen molar-refractivity contribution in [3.05, 3.63) is 60.4 Å². The third-order valence-corrected chi connectivity index (χ3v) is 6.20. The number of pyridine rings is 1. The molecule has 0 amide bonds. The molecule has 0 radical (unpaired) electrons. The van der Waals surface area contributed by atoms with Crippen molar-refractivity contribution in [2.75, 3.05) is 13.1 Å². The molecule has 1 fully saturated rings. The molecule has 1 aliphatic rings. The molecule has 5 rings (SSSR count). The van der Waals surface area contributed by atoms with Gasteiger partial charge in [-0.2, -0.15) is 5.10 Å². The first-order chi connectivity index (χ1) is 15.1. The van der Waals surface area contributed by atoms with Crippen LogP contribution < -0.4 is 10.1 Å². The van der Waals surface area contributed by atoms with E-state index in [9.17, 15) is 0 Å². The second-order valence-corrected chi connectivity index (χ2v) is 8.28. The van der Waals surface area contributed by atoms with Gasteiger partial charge in [-0.15, -0.1) is 0 Å². The van der Waals surface area contributed by atoms with Gasteiger partial charge in [0.25, 0.3) is 0 Å². The van der Waals surface area contributed by atoms with Crippen LogP contribution in [0.2, 0.25) is 0 Å². The molecule has 0 spiro atoms. The molecular formula is C24H28N6O. The Balaban J connectivity index is 1.54. The zero-order valence-electron chi connectivity index (χ0n) is 18.2. The number of ether oxygens (including phenoxy) is 1. The number of benzene rings is 1. The molecule has 0 saturated carbocycles. The van der Waals surface area contributed by atoms with E-state index in [-0.39, 0.29) is 6.10 Å². The molecule has 1 aliphatic heterocycles. The van der Waals surface area contributed by atoms with Crippen molar-refractivity contribution in [1.82, 2.24) is 29.6 Å². The van der Waals surface area contributed by atoms with E-state index in [1.54, 1.807) is 6.20 Å². The van der Waals surface area contributed by atoms with Crippen molar-refractivity contribution in [2.24, 2.45) is 7.05 Å². The molecule has 1 atom stereocenters. The van der Waals surface area contributed by atoms with E-state index in [0.29, 0.717) is 6.04 Å². The second-order valence-electron chi connectivity index (χ2n) is 8.28. The van der Waals surface area contributed by atoms with Gasteiger partial charge in [0.05, 0.1) is 29.8 Å². The fourth-order valence-electron chi connectivity index (χ4n) is 4.49. The second kappa shape index (κ2) is 8.15. The van der Waals surface area contributed by atoms with Crippen LogP contribution in [0.5, 0.6) is 5.75 Å². The number of nitrogens with one attached hydrogen (secondary N) is 1. The van der Waals surface area contributed by atoms with E-state index in [1.165, 1.54) is 5.69 Å². The minimum absolute atomic E-state index is 0.173. The summed E-state index contributed by atoms with van der Waals surface area (Å²) in [6.07, 6.45) is 7.65. The highest BCUT2D eigenvalue weighted by atomic mass is 16.5. The van der Waals surface area contributed by atoms with Gasteiger partial charge in [0, 0.05) is 24.5 Å². The van der Waals surface area contributed by atoms with Gasteiger partial charge in [-0.05, 0) is 69.6 Å². The molecule has 3 aromatic heterocycles. The summed E-state index contributed by atoms with van der Waals surface area (Å²) in [5, 5.41) is 8.18. The molecule has 160 valence electrons. The largest absolute Gasteiger partial charge is 0.482 e. The fourth-order valence-corrected chi connectivity index (χ4v) is 4.49. The molecule has 0 bridgehead atoms. The molecule has 4 heterocycles. The van der Waals surface area contributed by atoms with Crippen LogP contribution in [0.4, 0.5) is 0 Å². The summed E-state index contributed by atoms with van der Waals surface area (Å²) in [6.45, 7) is 6.27. The smallest absolute Gasteiger partial charge is 0.146 e. The van der Waals surface area contributed by atoms with Crippen LogP contribution in [0.15, 0.2) is 49.1 Å². The summed E-state index contributed by atoms with van der Waals surface area (Å²) in [7, 11) is 1.99. The van der Waals surface area contributed by atoms with Crippen molar-refractivity contribution in [1.29, 1.82) is 0 Å². The van der Waals surface area contributed by atoms with Crippen LogP contribution in [0.1, 0.15) is 43.3 Å². The Kier molecular flexibility index (Phi) is 5.19. The maximum Gasteiger partial charge on any atom is 0.146 e. The van der Waals surface area contributed by atoms with Crippen molar-refractivity contribution >= 4 is 11.0 Å². The minimum Gasteiger partial charge on any atom is -0.482 e. The van der Waals surface area contributed by atoms with E-state index in [4.69, 9.17) is 9.84 Å². The van der Waals surface area contributed by atoms with E-state index in [2.05, 4.69) is 39.0 Å². The van der Waals surface area contributed by atoms with Crippen LogP contribution in [0.25, 0.3) is 22.2 Å². The lowest BCUT2D eigenvalue weighted by molar-refractivity contribution is 0.224. The summed E-state index contributed by atoms with van der Waals surface area (Å²) < 4.78 is 10.6. The standard InChI is InChI=1S/C24H28N6O/c1-16-20(14-28-30(16)19-7-10-25-11-8-19)18-12-22-24(29(3)15-27-22)23(13-18)31-17(2)21-6-4-5-9-26-21/h4-6,9,12-15,17,19,25H,7-8,10-11H2,1-3H3/t17-/m1/s1. The van der Waals surface area contributed by atoms with Gasteiger partial charge >= 0.3 is 0 Å². The summed E-state index contributed by atoms with van der Waals surface area (Å²) in [6, 6.07) is 10.6. The topological polar surface area (TPSA) is 69.8 Å². The zero-order valence-corrected chi connectivity index (χ0v) is 18.2. The minimum atomic E-state index is -0.173. The molecule has 0 aliphatic carbocycles. The number of fused-ring (bicyclic) bond motifs is 1. The van der Waals surface area contributed by atoms with E-state index in [0.717, 1.165) is 59.5 Å². The maximum atomic E-state index is 6.42. The number of hydrogen-bond acceptors (Lipinski definition) is 5. The maximum absolute atomic E-state index is 6.42. The average molecular weight is 417 g/mol. The lowest BCUT2D eigenvalue weighted by atomic mass is 10.0. The summed E-state index contributed by atoms with van der Waals surface area (Å²) >= 11 is 0. The third-order valence-electron chi connectivity index (χ3n) is 6.20. The van der Waals surface area contributed by atoms with Crippen molar-refractivity contribution in [2.45, 2.75) is 38.8 Å². The molecule has 7 heteroatoms. The normalized spacial score (nSPS) is 16.0. The number of hydrogen-bond donors (Lipinski definition) is 1. The van der Waals surface area contributed by atoms with Gasteiger partial charge in [0.2, 0.25) is 0 Å². The molecule has 1 aromatic carbocycles. The first-order valence-corrected chi connectivity index (χ1v) is 10.9. The van der Waals surface area contributed by atoms with Crippen LogP contribution in [-0.2, 0) is 7.05 Å². The predicted molar refractivity (Wildman–Crippen MR) is 121 cm³/mol. The predicted octanol–water partition coefficient (Wildman–Crippen LogP) is 4.20. The van der Waals surface area contributed by atoms with Crippen molar-refractivity contribution in [3.8, 4) is 16.9 Å². The third kappa shape index (κ3) is 3.70. The molecule has 1 N–H and O–H groups in total. The Bertz CT molecular complexity index is 1190. The number of aromatic nitrogens is 5. The Morgan fingerprint density at radius 3 is 2.77 bits per heavy atom. The van der Waals surface area contributed by atoms with Crippen LogP contribution in [0, 0.1) is 6.92 Å². The molecule has 7 nitrogen and oxygen atoms in total. The number of imidazole rings is 1. The monoisotopic (exact) mass is 416 g/mol. The lowest BCUT2D eigenvalue weighted by Crippen LogP contribution is -2.30. The summed E-state index contributed by atoms with van der Waals surface area (Å²) in [5.74, 6) is 0.805. The SMILES string of the molecule is Cc1c(-c2cc(O[C@H](C)c3ccccn3)c3c(c2)ncn3C)cnn1C1CCNCC1. The highest BCUT2D eigenvalue weighted by Crippen LogP contribution is 2.36. The molecular weight excluding hydrogens is 388 g/mol. The first-order valence-electron chi connectivity index (χ1n) is 10.9. The summed E-state index contributed by atoms with van der Waals surface area (Å²) in [5.41, 5.74) is 6.18. The highest BCUT2D eigenvalue weighted by molar-refractivity contribution is 5.88. The van der Waals surface area contributed by atoms with Crippen molar-refractivity contribution in [3.63, 3.8) is 0 Å². The number of nitrogens with zero attached hydrogens (tertiary/aromatic N) is 5. The van der Waals surface area contributed by atoms with Crippen LogP contribution in [-0.4, -0.2) is 37.4 Å². The Morgan fingerprint density at radius 1 is 1.16 bits per heavy atom. The highest BCUT2D eigenvalue weighted by Gasteiger charge is 2.21. The van der Waals surface area contributed by atoms with Crippen LogP contribution >= 0.6 is 0 Å². The Hall–Kier alpha value is -3.19. The Labute approximate surface area is 182 Å². The van der Waals surface area contributed by atoms with E-state index < -0.39 is 0 Å². The number of rotatable bonds is 5. The average Bonchev–Trinajstić information content (AvgIpc) is 3.37. The lowest BCUT2D eigenvalue weighted by Gasteiger charge is -2.24. The molecule has 31 heavy (non-hydrogen) atoms. The van der Waals surface area contributed by atoms with Gasteiger partial charge in [-0.1, -0.05) is 6.07 Å². The molecule has 4 aromatic rings. The first kappa shape index (κ1) is 19.8. The summed E-state index contributed by atoms with van der Waals surface area (Å²) in [4.78, 5) is 9.05. The zero-order chi connectivity index (χ0) is 21.4. The van der Waals surface area contributed by atoms with Gasteiger partial charge in [-0.25, -0.2) is 4.98 Å². The van der Waals surface area contributed by atoms with Crippen LogP contribution in [0.3, 0.4) is 0 Å². The molecule has 0 unspecified atom stereocenters. The number of piperidine rings is 1. The van der Waals surface area contributed by atoms with Gasteiger partial charge in [0.1, 0.15) is 17.4 Å². The Morgan fingerprint density at radius 2 is 2.00 bits per heavy atom. The van der Waals surface area contributed by atoms with E-state index >= 15 is 0 Å². The van der Waals surface area contributed by atoms with Crippen molar-refractivity contribution < 1.29 is 4.74 Å². The molecule has 1 saturated heterocycles. The van der Waals surface area contributed by atoms with Gasteiger partial charge in [0.15, 0.2) is 0 Å². The fraction of sp³-hybridized carbons (Fsp3) is 0.375. The van der Waals surface area contributed by atoms with Gasteiger partial charge in [-0.3, -0.25) is 9.67 Å². The number of aryl methyl sites for hydroxylation is 1. The quantitative estimate of drug-likeness (QED) is 0.528.